The van der Waals surface area contributed by atoms with Gasteiger partial charge in [0.15, 0.2) is 5.82 Å². The molecular weight excluding hydrogens is 276 g/mol. The fraction of sp³-hybridized carbons (Fsp3) is 0. The molecule has 0 unspecified atom stereocenters. The molecule has 1 aromatic heterocycles. The third kappa shape index (κ3) is 1.89. The number of aromatic carboxylic acids is 1. The van der Waals surface area contributed by atoms with E-state index in [1.165, 1.54) is 4.80 Å². The maximum absolute atomic E-state index is 10.7. The number of benzene rings is 1. The van der Waals surface area contributed by atoms with Crippen molar-refractivity contribution in [3.8, 4) is 5.69 Å². The molecule has 0 atom stereocenters. The SMILES string of the molecule is Nc1nn(-c2ccc(Br)cc2)nc1C(=O)O. The van der Waals surface area contributed by atoms with Crippen LogP contribution >= 0.6 is 15.9 Å². The number of nitrogens with two attached hydrogens (primary N) is 1. The highest BCUT2D eigenvalue weighted by atomic mass is 79.9. The fourth-order valence-corrected chi connectivity index (χ4v) is 1.42. The molecule has 0 spiro atoms. The van der Waals surface area contributed by atoms with Crippen LogP contribution in [0.1, 0.15) is 10.5 Å². The molecule has 0 aliphatic rings. The minimum absolute atomic E-state index is 0.101. The molecule has 0 saturated heterocycles. The number of nitrogen functional groups attached to an aromatic ring is 1. The Hall–Kier alpha value is -1.89. The zero-order chi connectivity index (χ0) is 11.7. The topological polar surface area (TPSA) is 94.0 Å². The summed E-state index contributed by atoms with van der Waals surface area (Å²) in [7, 11) is 0. The van der Waals surface area contributed by atoms with Crippen LogP contribution in [0.3, 0.4) is 0 Å². The van der Waals surface area contributed by atoms with Gasteiger partial charge in [0.05, 0.1) is 5.69 Å². The Morgan fingerprint density at radius 3 is 2.44 bits per heavy atom. The second-order valence-electron chi connectivity index (χ2n) is 3.00. The Labute approximate surface area is 98.8 Å². The normalized spacial score (nSPS) is 10.3. The summed E-state index contributed by atoms with van der Waals surface area (Å²) in [5, 5.41) is 16.4. The van der Waals surface area contributed by atoms with Gasteiger partial charge >= 0.3 is 5.97 Å². The summed E-state index contributed by atoms with van der Waals surface area (Å²) in [5.74, 6) is -1.30. The standard InChI is InChI=1S/C9H7BrN4O2/c10-5-1-3-6(4-2-5)14-12-7(9(15)16)8(11)13-14/h1-4H,(H2,11,13)(H,15,16). The molecule has 16 heavy (non-hydrogen) atoms. The lowest BCUT2D eigenvalue weighted by Crippen LogP contribution is -2.02. The van der Waals surface area contributed by atoms with Gasteiger partial charge in [-0.3, -0.25) is 0 Å². The summed E-state index contributed by atoms with van der Waals surface area (Å²) in [5.41, 5.74) is 5.82. The Morgan fingerprint density at radius 1 is 1.31 bits per heavy atom. The van der Waals surface area contributed by atoms with Gasteiger partial charge in [0.1, 0.15) is 0 Å². The predicted molar refractivity (Wildman–Crippen MR) is 60.4 cm³/mol. The molecule has 6 nitrogen and oxygen atoms in total. The van der Waals surface area contributed by atoms with E-state index >= 15 is 0 Å². The summed E-state index contributed by atoms with van der Waals surface area (Å²) >= 11 is 3.29. The summed E-state index contributed by atoms with van der Waals surface area (Å²) in [6.07, 6.45) is 0. The van der Waals surface area contributed by atoms with Crippen molar-refractivity contribution < 1.29 is 9.90 Å². The summed E-state index contributed by atoms with van der Waals surface area (Å²) in [4.78, 5) is 11.9. The third-order valence-corrected chi connectivity index (χ3v) is 2.43. The number of carboxylic acids is 1. The largest absolute Gasteiger partial charge is 0.476 e. The number of aromatic nitrogens is 3. The van der Waals surface area contributed by atoms with E-state index in [0.717, 1.165) is 4.47 Å². The van der Waals surface area contributed by atoms with E-state index in [2.05, 4.69) is 26.1 Å². The fourth-order valence-electron chi connectivity index (χ4n) is 1.16. The van der Waals surface area contributed by atoms with E-state index in [9.17, 15) is 4.79 Å². The number of rotatable bonds is 2. The Balaban J connectivity index is 2.45. The number of hydrogen-bond acceptors (Lipinski definition) is 4. The highest BCUT2D eigenvalue weighted by Gasteiger charge is 2.15. The zero-order valence-electron chi connectivity index (χ0n) is 7.96. The lowest BCUT2D eigenvalue weighted by Gasteiger charge is -1.98. The molecular formula is C9H7BrN4O2. The van der Waals surface area contributed by atoms with Gasteiger partial charge in [0, 0.05) is 4.47 Å². The van der Waals surface area contributed by atoms with Gasteiger partial charge in [0.2, 0.25) is 5.69 Å². The summed E-state index contributed by atoms with van der Waals surface area (Å²) in [6, 6.07) is 7.09. The van der Waals surface area contributed by atoms with Crippen molar-refractivity contribution in [1.82, 2.24) is 15.0 Å². The van der Waals surface area contributed by atoms with Gasteiger partial charge in [-0.25, -0.2) is 4.79 Å². The van der Waals surface area contributed by atoms with Gasteiger partial charge < -0.3 is 10.8 Å². The van der Waals surface area contributed by atoms with Crippen LogP contribution in [0.2, 0.25) is 0 Å². The van der Waals surface area contributed by atoms with Crippen molar-refractivity contribution in [3.05, 3.63) is 34.4 Å². The van der Waals surface area contributed by atoms with Gasteiger partial charge in [-0.2, -0.15) is 0 Å². The zero-order valence-corrected chi connectivity index (χ0v) is 9.55. The van der Waals surface area contributed by atoms with Crippen LogP contribution in [-0.4, -0.2) is 26.1 Å². The van der Waals surface area contributed by atoms with Crippen LogP contribution in [0.5, 0.6) is 0 Å². The number of nitrogens with zero attached hydrogens (tertiary/aromatic N) is 3. The third-order valence-electron chi connectivity index (χ3n) is 1.90. The number of carboxylic acid groups (broad SMARTS) is 1. The van der Waals surface area contributed by atoms with Crippen molar-refractivity contribution in [2.75, 3.05) is 5.73 Å². The summed E-state index contributed by atoms with van der Waals surface area (Å²) < 4.78 is 0.912. The van der Waals surface area contributed by atoms with E-state index < -0.39 is 5.97 Å². The van der Waals surface area contributed by atoms with Crippen LogP contribution in [-0.2, 0) is 0 Å². The maximum atomic E-state index is 10.7. The first-order valence-corrected chi connectivity index (χ1v) is 5.09. The number of anilines is 1. The molecule has 3 N–H and O–H groups in total. The van der Waals surface area contributed by atoms with Crippen LogP contribution in [0.4, 0.5) is 5.82 Å². The molecule has 0 radical (unpaired) electrons. The van der Waals surface area contributed by atoms with Crippen molar-refractivity contribution in [2.24, 2.45) is 0 Å². The highest BCUT2D eigenvalue weighted by Crippen LogP contribution is 2.14. The van der Waals surface area contributed by atoms with E-state index in [0.29, 0.717) is 5.69 Å². The molecule has 0 amide bonds. The van der Waals surface area contributed by atoms with E-state index in [-0.39, 0.29) is 11.5 Å². The second kappa shape index (κ2) is 3.93. The lowest BCUT2D eigenvalue weighted by atomic mass is 10.3. The van der Waals surface area contributed by atoms with Crippen LogP contribution in [0.25, 0.3) is 5.69 Å². The van der Waals surface area contributed by atoms with E-state index in [1.54, 1.807) is 24.3 Å². The molecule has 0 aliphatic heterocycles. The minimum atomic E-state index is -1.19. The van der Waals surface area contributed by atoms with Crippen molar-refractivity contribution in [1.29, 1.82) is 0 Å². The summed E-state index contributed by atoms with van der Waals surface area (Å²) in [6.45, 7) is 0. The van der Waals surface area contributed by atoms with Gasteiger partial charge in [-0.15, -0.1) is 15.0 Å². The smallest absolute Gasteiger partial charge is 0.360 e. The monoisotopic (exact) mass is 282 g/mol. The quantitative estimate of drug-likeness (QED) is 0.866. The molecule has 2 aromatic rings. The Morgan fingerprint density at radius 2 is 1.94 bits per heavy atom. The van der Waals surface area contributed by atoms with Gasteiger partial charge in [0.25, 0.3) is 0 Å². The highest BCUT2D eigenvalue weighted by molar-refractivity contribution is 9.10. The van der Waals surface area contributed by atoms with E-state index in [1.807, 2.05) is 0 Å². The molecule has 82 valence electrons. The molecule has 1 heterocycles. The molecule has 0 fully saturated rings. The van der Waals surface area contributed by atoms with E-state index in [4.69, 9.17) is 10.8 Å². The molecule has 1 aromatic carbocycles. The minimum Gasteiger partial charge on any atom is -0.476 e. The van der Waals surface area contributed by atoms with Crippen LogP contribution < -0.4 is 5.73 Å². The van der Waals surface area contributed by atoms with Crippen molar-refractivity contribution >= 4 is 27.7 Å². The van der Waals surface area contributed by atoms with Crippen molar-refractivity contribution in [3.63, 3.8) is 0 Å². The number of carbonyl (C=O) groups is 1. The first-order valence-electron chi connectivity index (χ1n) is 4.30. The Bertz CT molecular complexity index is 535. The average molecular weight is 283 g/mol. The number of hydrogen-bond donors (Lipinski definition) is 2. The molecule has 0 bridgehead atoms. The molecule has 7 heteroatoms. The average Bonchev–Trinajstić information content (AvgIpc) is 2.61. The van der Waals surface area contributed by atoms with Gasteiger partial charge in [-0.1, -0.05) is 15.9 Å². The molecule has 0 aliphatic carbocycles. The van der Waals surface area contributed by atoms with Crippen LogP contribution in [0.15, 0.2) is 28.7 Å². The first-order chi connectivity index (χ1) is 7.58. The van der Waals surface area contributed by atoms with Gasteiger partial charge in [-0.05, 0) is 24.3 Å². The lowest BCUT2D eigenvalue weighted by molar-refractivity contribution is 0.0691. The predicted octanol–water partition coefficient (Wildman–Crippen LogP) is 1.31. The first kappa shape index (κ1) is 10.6. The Kier molecular flexibility index (Phi) is 2.61. The number of halogens is 1. The van der Waals surface area contributed by atoms with Crippen molar-refractivity contribution in [2.45, 2.75) is 0 Å². The maximum Gasteiger partial charge on any atom is 0.360 e. The van der Waals surface area contributed by atoms with Crippen LogP contribution in [0, 0.1) is 0 Å². The second-order valence-corrected chi connectivity index (χ2v) is 3.92. The molecule has 0 saturated carbocycles. The molecule has 2 rings (SSSR count).